The Balaban J connectivity index is 1.28. The summed E-state index contributed by atoms with van der Waals surface area (Å²) in [6.45, 7) is 4.13. The summed E-state index contributed by atoms with van der Waals surface area (Å²) in [5.74, 6) is 0. The van der Waals surface area contributed by atoms with Crippen LogP contribution in [0.3, 0.4) is 0 Å². The van der Waals surface area contributed by atoms with Crippen molar-refractivity contribution in [2.75, 3.05) is 0 Å². The normalized spacial score (nSPS) is 31.6. The van der Waals surface area contributed by atoms with Gasteiger partial charge in [-0.25, -0.2) is 0 Å². The lowest BCUT2D eigenvalue weighted by molar-refractivity contribution is -0.216. The zero-order chi connectivity index (χ0) is 18.2. The zero-order valence-corrected chi connectivity index (χ0v) is 17.0. The number of ether oxygens (including phenoxy) is 4. The molecule has 4 nitrogen and oxygen atoms in total. The molecule has 3 saturated carbocycles. The molecule has 0 spiro atoms. The van der Waals surface area contributed by atoms with Gasteiger partial charge in [-0.1, -0.05) is 38.5 Å². The molecule has 26 heavy (non-hydrogen) atoms. The summed E-state index contributed by atoms with van der Waals surface area (Å²) in [7, 11) is 0. The second-order valence-corrected chi connectivity index (χ2v) is 8.60. The number of rotatable bonds is 8. The molecule has 0 heterocycles. The van der Waals surface area contributed by atoms with Crippen LogP contribution < -0.4 is 0 Å². The second-order valence-electron chi connectivity index (χ2n) is 8.60. The fourth-order valence-corrected chi connectivity index (χ4v) is 4.86. The second kappa shape index (κ2) is 11.0. The Bertz CT molecular complexity index is 332. The van der Waals surface area contributed by atoms with Crippen LogP contribution in [-0.4, -0.2) is 37.0 Å². The maximum absolute atomic E-state index is 6.16. The highest BCUT2D eigenvalue weighted by molar-refractivity contribution is 4.74. The van der Waals surface area contributed by atoms with Gasteiger partial charge in [0.1, 0.15) is 0 Å². The third-order valence-electron chi connectivity index (χ3n) is 6.26. The van der Waals surface area contributed by atoms with E-state index in [1.54, 1.807) is 0 Å². The molecule has 2 atom stereocenters. The standard InChI is InChI=1S/C22H40O4/c1-17(23-19-9-5-3-6-10-19)25-21-13-15-22(16-14-21)26-18(2)24-20-11-7-4-8-12-20/h17-22H,3-16H2,1-2H3. The number of hydrogen-bond donors (Lipinski definition) is 0. The van der Waals surface area contributed by atoms with Crippen LogP contribution in [0.5, 0.6) is 0 Å². The molecule has 3 fully saturated rings. The topological polar surface area (TPSA) is 36.9 Å². The fourth-order valence-electron chi connectivity index (χ4n) is 4.86. The van der Waals surface area contributed by atoms with Gasteiger partial charge < -0.3 is 18.9 Å². The first-order chi connectivity index (χ1) is 12.7. The lowest BCUT2D eigenvalue weighted by atomic mass is 9.95. The van der Waals surface area contributed by atoms with E-state index in [4.69, 9.17) is 18.9 Å². The van der Waals surface area contributed by atoms with Crippen molar-refractivity contribution in [1.29, 1.82) is 0 Å². The SMILES string of the molecule is CC(OC1CCCCC1)OC1CCC(OC(C)OC2CCCCC2)CC1. The molecular formula is C22H40O4. The van der Waals surface area contributed by atoms with Gasteiger partial charge in [-0.2, -0.15) is 0 Å². The van der Waals surface area contributed by atoms with Crippen molar-refractivity contribution in [2.24, 2.45) is 0 Å². The molecule has 3 aliphatic rings. The van der Waals surface area contributed by atoms with Gasteiger partial charge in [0.05, 0.1) is 24.4 Å². The monoisotopic (exact) mass is 368 g/mol. The zero-order valence-electron chi connectivity index (χ0n) is 17.0. The average molecular weight is 369 g/mol. The van der Waals surface area contributed by atoms with Crippen molar-refractivity contribution in [3.63, 3.8) is 0 Å². The lowest BCUT2D eigenvalue weighted by Gasteiger charge is -2.34. The van der Waals surface area contributed by atoms with E-state index < -0.39 is 0 Å². The van der Waals surface area contributed by atoms with Gasteiger partial charge in [-0.05, 0) is 65.2 Å². The molecule has 0 radical (unpaired) electrons. The van der Waals surface area contributed by atoms with E-state index in [9.17, 15) is 0 Å². The third kappa shape index (κ3) is 7.10. The van der Waals surface area contributed by atoms with E-state index in [-0.39, 0.29) is 12.6 Å². The molecule has 0 aromatic heterocycles. The molecule has 2 unspecified atom stereocenters. The highest BCUT2D eigenvalue weighted by Crippen LogP contribution is 2.28. The summed E-state index contributed by atoms with van der Waals surface area (Å²) in [6, 6.07) is 0. The third-order valence-corrected chi connectivity index (χ3v) is 6.26. The highest BCUT2D eigenvalue weighted by Gasteiger charge is 2.27. The minimum Gasteiger partial charge on any atom is -0.350 e. The van der Waals surface area contributed by atoms with Crippen molar-refractivity contribution >= 4 is 0 Å². The maximum atomic E-state index is 6.16. The Morgan fingerprint density at radius 2 is 0.692 bits per heavy atom. The van der Waals surface area contributed by atoms with Crippen molar-refractivity contribution in [1.82, 2.24) is 0 Å². The van der Waals surface area contributed by atoms with E-state index in [0.717, 1.165) is 25.7 Å². The Hall–Kier alpha value is -0.160. The average Bonchev–Trinajstić information content (AvgIpc) is 2.65. The van der Waals surface area contributed by atoms with Crippen LogP contribution in [0.15, 0.2) is 0 Å². The first-order valence-electron chi connectivity index (χ1n) is 11.3. The van der Waals surface area contributed by atoms with Crippen LogP contribution in [0, 0.1) is 0 Å². The highest BCUT2D eigenvalue weighted by atomic mass is 16.7. The molecule has 0 amide bonds. The Morgan fingerprint density at radius 1 is 0.423 bits per heavy atom. The predicted octanol–water partition coefficient (Wildman–Crippen LogP) is 5.72. The molecule has 3 rings (SSSR count). The maximum Gasteiger partial charge on any atom is 0.155 e. The van der Waals surface area contributed by atoms with E-state index in [1.807, 2.05) is 0 Å². The van der Waals surface area contributed by atoms with Crippen LogP contribution >= 0.6 is 0 Å². The molecule has 0 aromatic carbocycles. The van der Waals surface area contributed by atoms with E-state index in [0.29, 0.717) is 24.4 Å². The Kier molecular flexibility index (Phi) is 8.70. The first-order valence-corrected chi connectivity index (χ1v) is 11.3. The lowest BCUT2D eigenvalue weighted by Crippen LogP contribution is -2.34. The first kappa shape index (κ1) is 20.6. The van der Waals surface area contributed by atoms with Crippen molar-refractivity contribution in [3.8, 4) is 0 Å². The molecule has 152 valence electrons. The van der Waals surface area contributed by atoms with Gasteiger partial charge in [-0.3, -0.25) is 0 Å². The van der Waals surface area contributed by atoms with Gasteiger partial charge in [-0.15, -0.1) is 0 Å². The molecule has 0 aromatic rings. The molecule has 0 bridgehead atoms. The van der Waals surface area contributed by atoms with Crippen LogP contribution in [-0.2, 0) is 18.9 Å². The predicted molar refractivity (Wildman–Crippen MR) is 103 cm³/mol. The Labute approximate surface area is 160 Å². The van der Waals surface area contributed by atoms with Crippen LogP contribution in [0.25, 0.3) is 0 Å². The van der Waals surface area contributed by atoms with Crippen molar-refractivity contribution < 1.29 is 18.9 Å². The minimum atomic E-state index is -0.0749. The summed E-state index contributed by atoms with van der Waals surface area (Å²) in [5.41, 5.74) is 0. The molecule has 0 saturated heterocycles. The fraction of sp³-hybridized carbons (Fsp3) is 1.00. The Morgan fingerprint density at radius 3 is 1.00 bits per heavy atom. The van der Waals surface area contributed by atoms with Gasteiger partial charge >= 0.3 is 0 Å². The summed E-state index contributed by atoms with van der Waals surface area (Å²) in [5, 5.41) is 0. The van der Waals surface area contributed by atoms with Crippen molar-refractivity contribution in [3.05, 3.63) is 0 Å². The quantitative estimate of drug-likeness (QED) is 0.513. The van der Waals surface area contributed by atoms with Gasteiger partial charge in [0, 0.05) is 0 Å². The molecule has 3 aliphatic carbocycles. The smallest absolute Gasteiger partial charge is 0.155 e. The molecular weight excluding hydrogens is 328 g/mol. The van der Waals surface area contributed by atoms with E-state index in [2.05, 4.69) is 13.8 Å². The summed E-state index contributed by atoms with van der Waals surface area (Å²) < 4.78 is 24.5. The number of hydrogen-bond acceptors (Lipinski definition) is 4. The molecule has 0 aliphatic heterocycles. The van der Waals surface area contributed by atoms with Crippen LogP contribution in [0.1, 0.15) is 104 Å². The van der Waals surface area contributed by atoms with Crippen molar-refractivity contribution in [2.45, 2.75) is 141 Å². The summed E-state index contributed by atoms with van der Waals surface area (Å²) in [4.78, 5) is 0. The molecule has 4 heteroatoms. The molecule has 0 N–H and O–H groups in total. The van der Waals surface area contributed by atoms with E-state index >= 15 is 0 Å². The summed E-state index contributed by atoms with van der Waals surface area (Å²) in [6.07, 6.45) is 18.4. The van der Waals surface area contributed by atoms with Gasteiger partial charge in [0.2, 0.25) is 0 Å². The van der Waals surface area contributed by atoms with Crippen LogP contribution in [0.4, 0.5) is 0 Å². The van der Waals surface area contributed by atoms with Gasteiger partial charge in [0.25, 0.3) is 0 Å². The summed E-state index contributed by atoms with van der Waals surface area (Å²) >= 11 is 0. The van der Waals surface area contributed by atoms with E-state index in [1.165, 1.54) is 64.2 Å². The van der Waals surface area contributed by atoms with Crippen LogP contribution in [0.2, 0.25) is 0 Å². The minimum absolute atomic E-state index is 0.0749. The largest absolute Gasteiger partial charge is 0.350 e. The van der Waals surface area contributed by atoms with Gasteiger partial charge in [0.15, 0.2) is 12.6 Å².